The van der Waals surface area contributed by atoms with Gasteiger partial charge in [-0.25, -0.2) is 10.2 Å². The Kier molecular flexibility index (Phi) is 4.50. The molecule has 4 heteroatoms. The van der Waals surface area contributed by atoms with Crippen LogP contribution in [0.5, 0.6) is 0 Å². The highest BCUT2D eigenvalue weighted by atomic mass is 16.5. The molecule has 2 rings (SSSR count). The number of amides is 1. The first-order valence-electron chi connectivity index (χ1n) is 6.25. The van der Waals surface area contributed by atoms with Gasteiger partial charge in [0.1, 0.15) is 0 Å². The van der Waals surface area contributed by atoms with Crippen molar-refractivity contribution < 1.29 is 9.53 Å². The molecule has 0 aliphatic rings. The third-order valence-corrected chi connectivity index (χ3v) is 2.91. The van der Waals surface area contributed by atoms with Crippen LogP contribution in [0.4, 0.5) is 4.79 Å². The first-order valence-corrected chi connectivity index (χ1v) is 6.25. The van der Waals surface area contributed by atoms with Crippen LogP contribution in [0, 0.1) is 0 Å². The zero-order valence-corrected chi connectivity index (χ0v) is 11.5. The Hall–Kier alpha value is -2.62. The molecule has 0 aliphatic carbocycles. The number of benzene rings is 2. The van der Waals surface area contributed by atoms with Gasteiger partial charge in [-0.2, -0.15) is 5.10 Å². The Morgan fingerprint density at radius 2 is 1.60 bits per heavy atom. The van der Waals surface area contributed by atoms with E-state index in [2.05, 4.69) is 27.4 Å². The lowest BCUT2D eigenvalue weighted by atomic mass is 10.0. The molecule has 0 saturated heterocycles. The van der Waals surface area contributed by atoms with Gasteiger partial charge in [0.15, 0.2) is 0 Å². The first-order chi connectivity index (χ1) is 9.70. The highest BCUT2D eigenvalue weighted by molar-refractivity contribution is 5.99. The molecule has 0 fully saturated rings. The van der Waals surface area contributed by atoms with Crippen LogP contribution in [-0.4, -0.2) is 18.9 Å². The van der Waals surface area contributed by atoms with Gasteiger partial charge in [0.05, 0.1) is 12.8 Å². The van der Waals surface area contributed by atoms with E-state index in [1.54, 1.807) is 0 Å². The third-order valence-electron chi connectivity index (χ3n) is 2.91. The second-order valence-corrected chi connectivity index (χ2v) is 4.24. The molecule has 0 radical (unpaired) electrons. The SMILES string of the molecule is COC(=O)N/N=C(\C)c1ccc(-c2ccccc2)cc1. The maximum atomic E-state index is 10.9. The average molecular weight is 268 g/mol. The standard InChI is InChI=1S/C16H16N2O2/c1-12(17-18-16(19)20-2)13-8-10-15(11-9-13)14-6-4-3-5-7-14/h3-11H,1-2H3,(H,18,19)/b17-12+. The summed E-state index contributed by atoms with van der Waals surface area (Å²) >= 11 is 0. The van der Waals surface area contributed by atoms with Crippen molar-refractivity contribution in [1.29, 1.82) is 0 Å². The Balaban J connectivity index is 2.14. The number of nitrogens with one attached hydrogen (secondary N) is 1. The van der Waals surface area contributed by atoms with Gasteiger partial charge in [0.25, 0.3) is 0 Å². The zero-order chi connectivity index (χ0) is 14.4. The molecule has 0 saturated carbocycles. The third kappa shape index (κ3) is 3.45. The average Bonchev–Trinajstić information content (AvgIpc) is 2.53. The highest BCUT2D eigenvalue weighted by Gasteiger charge is 2.01. The van der Waals surface area contributed by atoms with Crippen LogP contribution in [0.25, 0.3) is 11.1 Å². The topological polar surface area (TPSA) is 50.7 Å². The summed E-state index contributed by atoms with van der Waals surface area (Å²) in [6.45, 7) is 1.83. The van der Waals surface area contributed by atoms with Gasteiger partial charge < -0.3 is 4.74 Å². The molecule has 20 heavy (non-hydrogen) atoms. The number of hydrazone groups is 1. The Morgan fingerprint density at radius 1 is 1.00 bits per heavy atom. The van der Waals surface area contributed by atoms with E-state index >= 15 is 0 Å². The van der Waals surface area contributed by atoms with E-state index in [0.29, 0.717) is 0 Å². The summed E-state index contributed by atoms with van der Waals surface area (Å²) in [5.74, 6) is 0. The maximum absolute atomic E-state index is 10.9. The fourth-order valence-electron chi connectivity index (χ4n) is 1.77. The van der Waals surface area contributed by atoms with Crippen LogP contribution in [0.3, 0.4) is 0 Å². The summed E-state index contributed by atoms with van der Waals surface area (Å²) in [6.07, 6.45) is -0.578. The Bertz CT molecular complexity index is 604. The summed E-state index contributed by atoms with van der Waals surface area (Å²) in [7, 11) is 1.30. The molecule has 1 N–H and O–H groups in total. The lowest BCUT2D eigenvalue weighted by Gasteiger charge is -2.05. The minimum atomic E-state index is -0.578. The van der Waals surface area contributed by atoms with Crippen molar-refractivity contribution in [2.24, 2.45) is 5.10 Å². The lowest BCUT2D eigenvalue weighted by molar-refractivity contribution is 0.171. The van der Waals surface area contributed by atoms with E-state index in [0.717, 1.165) is 16.8 Å². The normalized spacial score (nSPS) is 11.0. The fraction of sp³-hybridized carbons (Fsp3) is 0.125. The van der Waals surface area contributed by atoms with E-state index in [-0.39, 0.29) is 0 Å². The van der Waals surface area contributed by atoms with E-state index in [1.165, 1.54) is 12.7 Å². The molecule has 102 valence electrons. The van der Waals surface area contributed by atoms with Crippen molar-refractivity contribution in [1.82, 2.24) is 5.43 Å². The summed E-state index contributed by atoms with van der Waals surface area (Å²) in [6, 6.07) is 18.1. The predicted molar refractivity (Wildman–Crippen MR) is 79.6 cm³/mol. The van der Waals surface area contributed by atoms with E-state index in [1.807, 2.05) is 49.4 Å². The molecule has 0 bridgehead atoms. The largest absolute Gasteiger partial charge is 0.452 e. The Morgan fingerprint density at radius 3 is 2.20 bits per heavy atom. The summed E-state index contributed by atoms with van der Waals surface area (Å²) in [5.41, 5.74) is 6.28. The van der Waals surface area contributed by atoms with Crippen LogP contribution in [0.2, 0.25) is 0 Å². The number of nitrogens with zero attached hydrogens (tertiary/aromatic N) is 1. The first kappa shape index (κ1) is 13.8. The van der Waals surface area contributed by atoms with Crippen molar-refractivity contribution in [2.45, 2.75) is 6.92 Å². The monoisotopic (exact) mass is 268 g/mol. The highest BCUT2D eigenvalue weighted by Crippen LogP contribution is 2.19. The number of rotatable bonds is 3. The van der Waals surface area contributed by atoms with Crippen molar-refractivity contribution in [3.05, 3.63) is 60.2 Å². The van der Waals surface area contributed by atoms with Gasteiger partial charge in [-0.1, -0.05) is 54.6 Å². The van der Waals surface area contributed by atoms with Crippen molar-refractivity contribution >= 4 is 11.8 Å². The van der Waals surface area contributed by atoms with Crippen LogP contribution < -0.4 is 5.43 Å². The van der Waals surface area contributed by atoms with Gasteiger partial charge in [-0.15, -0.1) is 0 Å². The van der Waals surface area contributed by atoms with Crippen LogP contribution in [0.15, 0.2) is 59.7 Å². The van der Waals surface area contributed by atoms with E-state index < -0.39 is 6.09 Å². The Labute approximate surface area is 118 Å². The quantitative estimate of drug-likeness (QED) is 0.685. The molecule has 1 amide bonds. The van der Waals surface area contributed by atoms with Gasteiger partial charge in [-0.3, -0.25) is 0 Å². The molecule has 0 spiro atoms. The van der Waals surface area contributed by atoms with E-state index in [9.17, 15) is 4.79 Å². The molecule has 0 atom stereocenters. The zero-order valence-electron chi connectivity index (χ0n) is 11.5. The molecule has 0 aliphatic heterocycles. The molecule has 2 aromatic rings. The molecule has 0 heterocycles. The van der Waals surface area contributed by atoms with E-state index in [4.69, 9.17) is 0 Å². The summed E-state index contributed by atoms with van der Waals surface area (Å²) in [5, 5.41) is 3.96. The van der Waals surface area contributed by atoms with Gasteiger partial charge in [-0.05, 0) is 23.6 Å². The number of hydrogen-bond donors (Lipinski definition) is 1. The number of hydrogen-bond acceptors (Lipinski definition) is 3. The van der Waals surface area contributed by atoms with Crippen molar-refractivity contribution in [2.75, 3.05) is 7.11 Å². The predicted octanol–water partition coefficient (Wildman–Crippen LogP) is 3.43. The number of ether oxygens (including phenoxy) is 1. The number of carbonyl (C=O) groups excluding carboxylic acids is 1. The molecule has 2 aromatic carbocycles. The van der Waals surface area contributed by atoms with Crippen LogP contribution >= 0.6 is 0 Å². The second-order valence-electron chi connectivity index (χ2n) is 4.24. The minimum Gasteiger partial charge on any atom is -0.452 e. The lowest BCUT2D eigenvalue weighted by Crippen LogP contribution is -2.18. The summed E-state index contributed by atoms with van der Waals surface area (Å²) < 4.78 is 4.46. The minimum absolute atomic E-state index is 0.578. The van der Waals surface area contributed by atoms with Crippen molar-refractivity contribution in [3.8, 4) is 11.1 Å². The second kappa shape index (κ2) is 6.52. The maximum Gasteiger partial charge on any atom is 0.427 e. The molecule has 4 nitrogen and oxygen atoms in total. The van der Waals surface area contributed by atoms with Gasteiger partial charge in [0.2, 0.25) is 0 Å². The van der Waals surface area contributed by atoms with Gasteiger partial charge >= 0.3 is 6.09 Å². The molecule has 0 unspecified atom stereocenters. The van der Waals surface area contributed by atoms with Gasteiger partial charge in [0, 0.05) is 0 Å². The van der Waals surface area contributed by atoms with Crippen LogP contribution in [0.1, 0.15) is 12.5 Å². The summed E-state index contributed by atoms with van der Waals surface area (Å²) in [4.78, 5) is 10.9. The number of methoxy groups -OCH3 is 1. The molecular formula is C16H16N2O2. The number of carbonyl (C=O) groups is 1. The smallest absolute Gasteiger partial charge is 0.427 e. The molecule has 0 aromatic heterocycles. The molecular weight excluding hydrogens is 252 g/mol. The fourth-order valence-corrected chi connectivity index (χ4v) is 1.77. The van der Waals surface area contributed by atoms with Crippen molar-refractivity contribution in [3.63, 3.8) is 0 Å². The van der Waals surface area contributed by atoms with Crippen LogP contribution in [-0.2, 0) is 4.74 Å².